The van der Waals surface area contributed by atoms with Crippen LogP contribution in [0.2, 0.25) is 0 Å². The van der Waals surface area contributed by atoms with Gasteiger partial charge in [0.2, 0.25) is 0 Å². The van der Waals surface area contributed by atoms with E-state index in [-0.39, 0.29) is 5.69 Å². The maximum Gasteiger partial charge on any atom is 0.433 e. The van der Waals surface area contributed by atoms with Crippen LogP contribution in [0, 0.1) is 0 Å². The molecular weight excluding hydrogens is 303 g/mol. The lowest BCUT2D eigenvalue weighted by molar-refractivity contribution is -0.141. The van der Waals surface area contributed by atoms with E-state index >= 15 is 0 Å². The number of halogens is 3. The van der Waals surface area contributed by atoms with Gasteiger partial charge >= 0.3 is 6.18 Å². The number of nitrogens with zero attached hydrogens (tertiary/aromatic N) is 2. The first-order chi connectivity index (χ1) is 9.95. The van der Waals surface area contributed by atoms with Crippen molar-refractivity contribution >= 4 is 23.1 Å². The molecule has 2 heterocycles. The van der Waals surface area contributed by atoms with Gasteiger partial charge in [0.25, 0.3) is 5.91 Å². The molecule has 8 heteroatoms. The van der Waals surface area contributed by atoms with Crippen LogP contribution in [-0.4, -0.2) is 15.3 Å². The number of rotatable bonds is 3. The zero-order valence-corrected chi connectivity index (χ0v) is 11.5. The van der Waals surface area contributed by atoms with E-state index in [1.165, 1.54) is 6.07 Å². The van der Waals surface area contributed by atoms with Crippen molar-refractivity contribution in [1.29, 1.82) is 0 Å². The van der Waals surface area contributed by atoms with Crippen LogP contribution < -0.4 is 5.32 Å². The lowest BCUT2D eigenvalue weighted by atomic mass is 10.2. The summed E-state index contributed by atoms with van der Waals surface area (Å²) in [4.78, 5) is 15.9. The van der Waals surface area contributed by atoms with Crippen molar-refractivity contribution in [1.82, 2.24) is 9.36 Å². The Bertz CT molecular complexity index is 679. The first-order valence-electron chi connectivity index (χ1n) is 6.24. The molecule has 110 valence electrons. The molecule has 4 nitrogen and oxygen atoms in total. The van der Waals surface area contributed by atoms with Crippen molar-refractivity contribution in [3.63, 3.8) is 0 Å². The normalized spacial score (nSPS) is 15.0. The van der Waals surface area contributed by atoms with Crippen LogP contribution in [0.1, 0.15) is 39.7 Å². The van der Waals surface area contributed by atoms with Gasteiger partial charge in [-0.3, -0.25) is 9.78 Å². The molecule has 0 bridgehead atoms. The van der Waals surface area contributed by atoms with E-state index in [1.54, 1.807) is 6.20 Å². The van der Waals surface area contributed by atoms with Crippen LogP contribution in [0.4, 0.5) is 18.9 Å². The predicted molar refractivity (Wildman–Crippen MR) is 71.3 cm³/mol. The van der Waals surface area contributed by atoms with E-state index in [2.05, 4.69) is 14.7 Å². The average molecular weight is 313 g/mol. The lowest BCUT2D eigenvalue weighted by Gasteiger charge is -2.08. The van der Waals surface area contributed by atoms with Gasteiger partial charge in [0.05, 0.1) is 0 Å². The third kappa shape index (κ3) is 3.05. The molecule has 0 spiro atoms. The molecule has 21 heavy (non-hydrogen) atoms. The fourth-order valence-corrected chi connectivity index (χ4v) is 2.69. The van der Waals surface area contributed by atoms with Crippen LogP contribution in [0.15, 0.2) is 24.5 Å². The minimum atomic E-state index is -4.54. The summed E-state index contributed by atoms with van der Waals surface area (Å²) in [6.07, 6.45) is 0.181. The number of alkyl halides is 3. The SMILES string of the molecule is O=C(Nc1ccnc(C(F)(F)F)c1)c1sncc1C1CC1. The van der Waals surface area contributed by atoms with Gasteiger partial charge in [0.1, 0.15) is 10.6 Å². The highest BCUT2D eigenvalue weighted by Gasteiger charge is 2.33. The molecule has 3 rings (SSSR count). The maximum absolute atomic E-state index is 12.6. The molecule has 1 fully saturated rings. The van der Waals surface area contributed by atoms with Crippen LogP contribution in [0.25, 0.3) is 0 Å². The molecule has 0 aromatic carbocycles. The molecule has 0 atom stereocenters. The topological polar surface area (TPSA) is 54.9 Å². The Hall–Kier alpha value is -1.96. The predicted octanol–water partition coefficient (Wildman–Crippen LogP) is 3.69. The third-order valence-electron chi connectivity index (χ3n) is 3.13. The Morgan fingerprint density at radius 3 is 2.81 bits per heavy atom. The molecule has 1 aliphatic carbocycles. The van der Waals surface area contributed by atoms with Crippen molar-refractivity contribution in [3.8, 4) is 0 Å². The molecule has 0 radical (unpaired) electrons. The van der Waals surface area contributed by atoms with E-state index in [1.807, 2.05) is 0 Å². The van der Waals surface area contributed by atoms with Gasteiger partial charge in [0, 0.05) is 18.1 Å². The zero-order valence-electron chi connectivity index (χ0n) is 10.6. The van der Waals surface area contributed by atoms with E-state index in [9.17, 15) is 18.0 Å². The maximum atomic E-state index is 12.6. The Balaban J connectivity index is 1.80. The largest absolute Gasteiger partial charge is 0.433 e. The second-order valence-corrected chi connectivity index (χ2v) is 5.57. The molecule has 1 aliphatic rings. The van der Waals surface area contributed by atoms with E-state index in [0.29, 0.717) is 10.8 Å². The Morgan fingerprint density at radius 2 is 2.14 bits per heavy atom. The van der Waals surface area contributed by atoms with Crippen LogP contribution in [-0.2, 0) is 6.18 Å². The van der Waals surface area contributed by atoms with Gasteiger partial charge in [-0.05, 0) is 48.0 Å². The number of aromatic nitrogens is 2. The third-order valence-corrected chi connectivity index (χ3v) is 3.94. The Kier molecular flexibility index (Phi) is 3.40. The number of nitrogens with one attached hydrogen (secondary N) is 1. The van der Waals surface area contributed by atoms with Gasteiger partial charge in [-0.15, -0.1) is 0 Å². The summed E-state index contributed by atoms with van der Waals surface area (Å²) in [5.41, 5.74) is -0.0907. The van der Waals surface area contributed by atoms with Gasteiger partial charge in [-0.25, -0.2) is 4.37 Å². The number of carbonyl (C=O) groups excluding carboxylic acids is 1. The average Bonchev–Trinajstić information content (AvgIpc) is 3.15. The summed E-state index contributed by atoms with van der Waals surface area (Å²) >= 11 is 1.06. The summed E-state index contributed by atoms with van der Waals surface area (Å²) < 4.78 is 41.7. The number of anilines is 1. The van der Waals surface area contributed by atoms with Gasteiger partial charge in [0.15, 0.2) is 0 Å². The van der Waals surface area contributed by atoms with Crippen LogP contribution in [0.3, 0.4) is 0 Å². The number of amides is 1. The van der Waals surface area contributed by atoms with Crippen LogP contribution >= 0.6 is 11.5 Å². The van der Waals surface area contributed by atoms with Crippen molar-refractivity contribution in [2.24, 2.45) is 0 Å². The van der Waals surface area contributed by atoms with E-state index in [4.69, 9.17) is 0 Å². The quantitative estimate of drug-likeness (QED) is 0.940. The van der Waals surface area contributed by atoms with Gasteiger partial charge in [-0.1, -0.05) is 0 Å². The van der Waals surface area contributed by atoms with Crippen molar-refractivity contribution in [3.05, 3.63) is 40.7 Å². The highest BCUT2D eigenvalue weighted by atomic mass is 32.1. The zero-order chi connectivity index (χ0) is 15.0. The Morgan fingerprint density at radius 1 is 1.38 bits per heavy atom. The smallest absolute Gasteiger partial charge is 0.321 e. The van der Waals surface area contributed by atoms with E-state index < -0.39 is 17.8 Å². The van der Waals surface area contributed by atoms with Crippen molar-refractivity contribution in [2.75, 3.05) is 5.32 Å². The molecule has 1 N–H and O–H groups in total. The number of hydrogen-bond acceptors (Lipinski definition) is 4. The summed E-state index contributed by atoms with van der Waals surface area (Å²) in [5, 5.41) is 2.47. The fraction of sp³-hybridized carbons (Fsp3) is 0.308. The number of carbonyl (C=O) groups is 1. The molecule has 1 amide bonds. The molecule has 0 saturated heterocycles. The second kappa shape index (κ2) is 5.10. The highest BCUT2D eigenvalue weighted by Crippen LogP contribution is 2.42. The summed E-state index contributed by atoms with van der Waals surface area (Å²) in [6, 6.07) is 2.14. The second-order valence-electron chi connectivity index (χ2n) is 4.77. The van der Waals surface area contributed by atoms with Gasteiger partial charge < -0.3 is 5.32 Å². The summed E-state index contributed by atoms with van der Waals surface area (Å²) in [5.74, 6) is -0.0774. The van der Waals surface area contributed by atoms with Crippen molar-refractivity contribution in [2.45, 2.75) is 24.9 Å². The van der Waals surface area contributed by atoms with E-state index in [0.717, 1.165) is 42.2 Å². The number of pyridine rings is 1. The highest BCUT2D eigenvalue weighted by molar-refractivity contribution is 7.08. The first kappa shape index (κ1) is 14.0. The fourth-order valence-electron chi connectivity index (χ4n) is 1.96. The number of hydrogen-bond donors (Lipinski definition) is 1. The monoisotopic (exact) mass is 313 g/mol. The lowest BCUT2D eigenvalue weighted by Crippen LogP contribution is -2.14. The standard InChI is InChI=1S/C13H10F3N3OS/c14-13(15,16)10-5-8(3-4-17-10)19-12(20)11-9(6-18-21-11)7-1-2-7/h3-7H,1-2H2,(H,17,19,20). The van der Waals surface area contributed by atoms with Crippen LogP contribution in [0.5, 0.6) is 0 Å². The molecule has 0 aliphatic heterocycles. The summed E-state index contributed by atoms with van der Waals surface area (Å²) in [7, 11) is 0. The molecule has 2 aromatic heterocycles. The summed E-state index contributed by atoms with van der Waals surface area (Å²) in [6.45, 7) is 0. The minimum absolute atomic E-state index is 0.0671. The molecular formula is C13H10F3N3OS. The molecule has 2 aromatic rings. The minimum Gasteiger partial charge on any atom is -0.321 e. The first-order valence-corrected chi connectivity index (χ1v) is 7.01. The van der Waals surface area contributed by atoms with Gasteiger partial charge in [-0.2, -0.15) is 13.2 Å². The Labute approximate surface area is 122 Å². The molecule has 1 saturated carbocycles. The van der Waals surface area contributed by atoms with Crippen molar-refractivity contribution < 1.29 is 18.0 Å². The molecule has 0 unspecified atom stereocenters.